The summed E-state index contributed by atoms with van der Waals surface area (Å²) < 4.78 is 0.746. The van der Waals surface area contributed by atoms with Crippen molar-refractivity contribution in [2.24, 2.45) is 0 Å². The SMILES string of the molecule is [O-][n+]1ccc(SCc2ccccc2)cc1S. The summed E-state index contributed by atoms with van der Waals surface area (Å²) in [6.07, 6.45) is 1.48. The summed E-state index contributed by atoms with van der Waals surface area (Å²) in [5.41, 5.74) is 1.27. The topological polar surface area (TPSA) is 26.9 Å². The number of thioether (sulfide) groups is 1. The van der Waals surface area contributed by atoms with Crippen LogP contribution >= 0.6 is 24.4 Å². The number of nitrogens with zero attached hydrogens (tertiary/aromatic N) is 1. The van der Waals surface area contributed by atoms with E-state index < -0.39 is 0 Å². The minimum absolute atomic E-state index is 0.429. The number of aromatic nitrogens is 1. The second-order valence-electron chi connectivity index (χ2n) is 3.32. The average Bonchev–Trinajstić information content (AvgIpc) is 2.32. The van der Waals surface area contributed by atoms with Gasteiger partial charge in [0, 0.05) is 22.8 Å². The van der Waals surface area contributed by atoms with Crippen molar-refractivity contribution in [1.82, 2.24) is 0 Å². The highest BCUT2D eigenvalue weighted by atomic mass is 32.2. The Morgan fingerprint density at radius 3 is 2.62 bits per heavy atom. The fourth-order valence-electron chi connectivity index (χ4n) is 1.29. The molecule has 0 bridgehead atoms. The highest BCUT2D eigenvalue weighted by molar-refractivity contribution is 7.98. The van der Waals surface area contributed by atoms with Crippen molar-refractivity contribution in [1.29, 1.82) is 0 Å². The quantitative estimate of drug-likeness (QED) is 0.392. The fraction of sp³-hybridized carbons (Fsp3) is 0.0833. The third-order valence-corrected chi connectivity index (χ3v) is 3.51. The van der Waals surface area contributed by atoms with Gasteiger partial charge in [-0.05, 0) is 5.56 Å². The van der Waals surface area contributed by atoms with E-state index in [1.807, 2.05) is 18.2 Å². The minimum atomic E-state index is 0.429. The fourth-order valence-corrected chi connectivity index (χ4v) is 2.46. The van der Waals surface area contributed by atoms with E-state index in [1.54, 1.807) is 23.9 Å². The van der Waals surface area contributed by atoms with E-state index in [-0.39, 0.29) is 0 Å². The molecule has 0 radical (unpaired) electrons. The predicted molar refractivity (Wildman–Crippen MR) is 68.7 cm³/mol. The van der Waals surface area contributed by atoms with Crippen LogP contribution in [0.4, 0.5) is 0 Å². The van der Waals surface area contributed by atoms with Crippen LogP contribution in [-0.2, 0) is 5.75 Å². The van der Waals surface area contributed by atoms with Crippen molar-refractivity contribution >= 4 is 24.4 Å². The first kappa shape index (κ1) is 11.4. The number of hydrogen-bond donors (Lipinski definition) is 1. The summed E-state index contributed by atoms with van der Waals surface area (Å²) in [6, 6.07) is 13.8. The van der Waals surface area contributed by atoms with Crippen molar-refractivity contribution in [3.63, 3.8) is 0 Å². The molecule has 0 N–H and O–H groups in total. The first-order chi connectivity index (χ1) is 7.75. The molecule has 1 heterocycles. The van der Waals surface area contributed by atoms with E-state index in [1.165, 1.54) is 11.8 Å². The monoisotopic (exact) mass is 249 g/mol. The Labute approximate surface area is 104 Å². The van der Waals surface area contributed by atoms with Gasteiger partial charge in [0.15, 0.2) is 6.20 Å². The van der Waals surface area contributed by atoms with Crippen molar-refractivity contribution < 1.29 is 4.73 Å². The molecule has 0 aliphatic heterocycles. The van der Waals surface area contributed by atoms with Crippen LogP contribution in [0.2, 0.25) is 0 Å². The first-order valence-corrected chi connectivity index (χ1v) is 6.28. The van der Waals surface area contributed by atoms with Gasteiger partial charge in [-0.15, -0.1) is 11.8 Å². The normalized spacial score (nSPS) is 10.3. The summed E-state index contributed by atoms with van der Waals surface area (Å²) in [5, 5.41) is 11.5. The summed E-state index contributed by atoms with van der Waals surface area (Å²) in [5.74, 6) is 0.900. The van der Waals surface area contributed by atoms with Crippen LogP contribution in [0.15, 0.2) is 58.6 Å². The zero-order valence-corrected chi connectivity index (χ0v) is 10.2. The molecule has 1 aromatic heterocycles. The van der Waals surface area contributed by atoms with Gasteiger partial charge in [0.05, 0.1) is 0 Å². The predicted octanol–water partition coefficient (Wildman–Crippen LogP) is 2.90. The lowest BCUT2D eigenvalue weighted by Crippen LogP contribution is -2.26. The van der Waals surface area contributed by atoms with E-state index in [0.29, 0.717) is 5.03 Å². The maximum atomic E-state index is 11.1. The van der Waals surface area contributed by atoms with Crippen molar-refractivity contribution in [3.8, 4) is 0 Å². The number of thiol groups is 1. The van der Waals surface area contributed by atoms with E-state index in [0.717, 1.165) is 15.4 Å². The van der Waals surface area contributed by atoms with Gasteiger partial charge in [-0.2, -0.15) is 4.73 Å². The molecule has 0 aliphatic rings. The smallest absolute Gasteiger partial charge is 0.249 e. The van der Waals surface area contributed by atoms with E-state index in [9.17, 15) is 5.21 Å². The van der Waals surface area contributed by atoms with Crippen molar-refractivity contribution in [3.05, 3.63) is 59.4 Å². The van der Waals surface area contributed by atoms with E-state index in [4.69, 9.17) is 0 Å². The minimum Gasteiger partial charge on any atom is -0.618 e. The van der Waals surface area contributed by atoms with Gasteiger partial charge in [-0.3, -0.25) is 0 Å². The Hall–Kier alpha value is -1.13. The van der Waals surface area contributed by atoms with Crippen LogP contribution in [-0.4, -0.2) is 0 Å². The zero-order valence-electron chi connectivity index (χ0n) is 8.54. The molecule has 2 rings (SSSR count). The Kier molecular flexibility index (Phi) is 3.74. The van der Waals surface area contributed by atoms with Crippen LogP contribution in [0.25, 0.3) is 0 Å². The van der Waals surface area contributed by atoms with Gasteiger partial charge < -0.3 is 5.21 Å². The maximum Gasteiger partial charge on any atom is 0.249 e. The Morgan fingerprint density at radius 2 is 1.94 bits per heavy atom. The van der Waals surface area contributed by atoms with Gasteiger partial charge >= 0.3 is 0 Å². The third-order valence-electron chi connectivity index (χ3n) is 2.12. The molecule has 0 saturated carbocycles. The molecule has 4 heteroatoms. The standard InChI is InChI=1S/C12H11NOS2/c14-13-7-6-11(8-12(13)15)16-9-10-4-2-1-3-5-10/h1-8,15H,9H2. The summed E-state index contributed by atoms with van der Waals surface area (Å²) >= 11 is 5.78. The molecule has 16 heavy (non-hydrogen) atoms. The number of benzene rings is 1. The van der Waals surface area contributed by atoms with E-state index in [2.05, 4.69) is 24.8 Å². The number of pyridine rings is 1. The average molecular weight is 249 g/mol. The van der Waals surface area contributed by atoms with Gasteiger partial charge in [0.2, 0.25) is 5.03 Å². The molecule has 2 nitrogen and oxygen atoms in total. The highest BCUT2D eigenvalue weighted by Gasteiger charge is 2.02. The van der Waals surface area contributed by atoms with Crippen LogP contribution in [0.1, 0.15) is 5.56 Å². The van der Waals surface area contributed by atoms with Crippen LogP contribution in [0.3, 0.4) is 0 Å². The van der Waals surface area contributed by atoms with Gasteiger partial charge in [-0.25, -0.2) is 0 Å². The summed E-state index contributed by atoms with van der Waals surface area (Å²) in [4.78, 5) is 1.06. The van der Waals surface area contributed by atoms with Crippen molar-refractivity contribution in [2.75, 3.05) is 0 Å². The highest BCUT2D eigenvalue weighted by Crippen LogP contribution is 2.22. The Morgan fingerprint density at radius 1 is 1.19 bits per heavy atom. The maximum absolute atomic E-state index is 11.1. The lowest BCUT2D eigenvalue weighted by atomic mass is 10.2. The zero-order chi connectivity index (χ0) is 11.4. The van der Waals surface area contributed by atoms with Gasteiger partial charge in [0.1, 0.15) is 0 Å². The van der Waals surface area contributed by atoms with Crippen LogP contribution in [0.5, 0.6) is 0 Å². The molecule has 1 aromatic carbocycles. The molecule has 0 amide bonds. The second kappa shape index (κ2) is 5.27. The van der Waals surface area contributed by atoms with Crippen LogP contribution in [0, 0.1) is 5.21 Å². The lowest BCUT2D eigenvalue weighted by molar-refractivity contribution is -0.645. The molecule has 0 saturated heterocycles. The molecule has 0 unspecified atom stereocenters. The molecule has 82 valence electrons. The molecule has 0 fully saturated rings. The molecular weight excluding hydrogens is 238 g/mol. The summed E-state index contributed by atoms with van der Waals surface area (Å²) in [7, 11) is 0. The van der Waals surface area contributed by atoms with Crippen LogP contribution < -0.4 is 4.73 Å². The number of rotatable bonds is 3. The van der Waals surface area contributed by atoms with Gasteiger partial charge in [-0.1, -0.05) is 43.0 Å². The number of hydrogen-bond acceptors (Lipinski definition) is 3. The Balaban J connectivity index is 2.03. The largest absolute Gasteiger partial charge is 0.618 e. The molecule has 0 spiro atoms. The second-order valence-corrected chi connectivity index (χ2v) is 4.83. The Bertz CT molecular complexity index is 474. The van der Waals surface area contributed by atoms with Gasteiger partial charge in [0.25, 0.3) is 0 Å². The van der Waals surface area contributed by atoms with E-state index >= 15 is 0 Å². The first-order valence-electron chi connectivity index (χ1n) is 4.84. The van der Waals surface area contributed by atoms with Crippen molar-refractivity contribution in [2.45, 2.75) is 15.7 Å². The molecule has 2 aromatic rings. The molecule has 0 aliphatic carbocycles. The summed E-state index contributed by atoms with van der Waals surface area (Å²) in [6.45, 7) is 0. The third kappa shape index (κ3) is 2.93. The molecule has 0 atom stereocenters. The molecular formula is C12H11NOS2. The lowest BCUT2D eigenvalue weighted by Gasteiger charge is -2.03.